The Bertz CT molecular complexity index is 2960. The number of benzene rings is 9. The van der Waals surface area contributed by atoms with Crippen LogP contribution in [0.3, 0.4) is 0 Å². The Kier molecular flexibility index (Phi) is 5.96. The predicted molar refractivity (Wildman–Crippen MR) is 212 cm³/mol. The molecule has 0 aliphatic carbocycles. The van der Waals surface area contributed by atoms with Gasteiger partial charge in [0, 0.05) is 26.9 Å². The third-order valence-electron chi connectivity index (χ3n) is 10.4. The Balaban J connectivity index is 1.20. The van der Waals surface area contributed by atoms with E-state index in [4.69, 9.17) is 9.15 Å². The van der Waals surface area contributed by atoms with Crippen LogP contribution in [-0.2, 0) is 0 Å². The van der Waals surface area contributed by atoms with Crippen LogP contribution in [0.4, 0.5) is 17.1 Å². The highest BCUT2D eigenvalue weighted by atomic mass is 16.5. The molecule has 0 saturated heterocycles. The molecule has 0 atom stereocenters. The number of rotatable bonds is 3. The average Bonchev–Trinajstić information content (AvgIpc) is 3.57. The molecule has 3 heteroatoms. The first-order valence-electron chi connectivity index (χ1n) is 17.3. The van der Waals surface area contributed by atoms with Crippen molar-refractivity contribution in [2.24, 2.45) is 0 Å². The fourth-order valence-corrected chi connectivity index (χ4v) is 8.12. The summed E-state index contributed by atoms with van der Waals surface area (Å²) >= 11 is 0. The molecule has 0 unspecified atom stereocenters. The molecular formula is C48H29NO2. The summed E-state index contributed by atoms with van der Waals surface area (Å²) in [5.41, 5.74) is 9.59. The van der Waals surface area contributed by atoms with Gasteiger partial charge in [-0.05, 0) is 74.8 Å². The fraction of sp³-hybridized carbons (Fsp3) is 0. The molecule has 51 heavy (non-hydrogen) atoms. The summed E-state index contributed by atoms with van der Waals surface area (Å²) < 4.78 is 13.2. The van der Waals surface area contributed by atoms with Gasteiger partial charge in [-0.3, -0.25) is 0 Å². The van der Waals surface area contributed by atoms with Crippen LogP contribution >= 0.6 is 0 Å². The van der Waals surface area contributed by atoms with E-state index in [1.54, 1.807) is 0 Å². The van der Waals surface area contributed by atoms with Crippen LogP contribution < -0.4 is 9.64 Å². The van der Waals surface area contributed by atoms with Crippen LogP contribution in [-0.4, -0.2) is 0 Å². The first-order valence-corrected chi connectivity index (χ1v) is 17.3. The summed E-state index contributed by atoms with van der Waals surface area (Å²) in [5.74, 6) is 1.67. The van der Waals surface area contributed by atoms with Crippen LogP contribution in [0.1, 0.15) is 0 Å². The highest BCUT2D eigenvalue weighted by molar-refractivity contribution is 6.23. The Morgan fingerprint density at radius 1 is 0.373 bits per heavy atom. The number of ether oxygens (including phenoxy) is 1. The van der Waals surface area contributed by atoms with E-state index < -0.39 is 0 Å². The molecule has 238 valence electrons. The highest BCUT2D eigenvalue weighted by Gasteiger charge is 2.31. The Morgan fingerprint density at radius 3 is 1.75 bits per heavy atom. The van der Waals surface area contributed by atoms with Crippen molar-refractivity contribution < 1.29 is 9.15 Å². The van der Waals surface area contributed by atoms with E-state index in [0.29, 0.717) is 0 Å². The number of nitrogens with zero attached hydrogens (tertiary/aromatic N) is 1. The van der Waals surface area contributed by atoms with E-state index in [-0.39, 0.29) is 0 Å². The SMILES string of the molecule is c1ccc(-c2c3ccccc3c(N3c4ccc(-c5ccc6oc7ccccc7c6c5)cc4Oc4c3ccc3ccccc43)c3ccccc23)cc1. The second kappa shape index (κ2) is 10.8. The van der Waals surface area contributed by atoms with Crippen LogP contribution in [0, 0.1) is 0 Å². The minimum atomic E-state index is 0.814. The number of hydrogen-bond donors (Lipinski definition) is 0. The molecule has 1 aromatic heterocycles. The zero-order valence-electron chi connectivity index (χ0n) is 27.5. The fourth-order valence-electron chi connectivity index (χ4n) is 8.12. The van der Waals surface area contributed by atoms with Crippen molar-refractivity contribution in [3.8, 4) is 33.8 Å². The Hall–Kier alpha value is -6.84. The molecule has 11 rings (SSSR count). The van der Waals surface area contributed by atoms with Crippen molar-refractivity contribution in [2.45, 2.75) is 0 Å². The second-order valence-electron chi connectivity index (χ2n) is 13.2. The molecule has 0 amide bonds. The van der Waals surface area contributed by atoms with Gasteiger partial charge in [0.2, 0.25) is 0 Å². The minimum Gasteiger partial charge on any atom is -0.456 e. The minimum absolute atomic E-state index is 0.814. The average molecular weight is 652 g/mol. The zero-order valence-corrected chi connectivity index (χ0v) is 27.5. The quantitative estimate of drug-likeness (QED) is 0.178. The van der Waals surface area contributed by atoms with Gasteiger partial charge in [0.1, 0.15) is 11.2 Å². The predicted octanol–water partition coefficient (Wildman–Crippen LogP) is 14.0. The molecule has 0 spiro atoms. The van der Waals surface area contributed by atoms with Gasteiger partial charge in [-0.2, -0.15) is 0 Å². The van der Waals surface area contributed by atoms with Gasteiger partial charge in [-0.1, -0.05) is 140 Å². The lowest BCUT2D eigenvalue weighted by molar-refractivity contribution is 0.483. The molecule has 10 aromatic rings. The molecule has 0 N–H and O–H groups in total. The maximum absolute atomic E-state index is 7.00. The summed E-state index contributed by atoms with van der Waals surface area (Å²) in [6.45, 7) is 0. The lowest BCUT2D eigenvalue weighted by Crippen LogP contribution is -2.17. The summed E-state index contributed by atoms with van der Waals surface area (Å²) in [6.07, 6.45) is 0. The Labute approximate surface area is 294 Å². The molecule has 1 aliphatic heterocycles. The molecule has 2 heterocycles. The van der Waals surface area contributed by atoms with Gasteiger partial charge >= 0.3 is 0 Å². The second-order valence-corrected chi connectivity index (χ2v) is 13.2. The van der Waals surface area contributed by atoms with Crippen molar-refractivity contribution in [3.63, 3.8) is 0 Å². The van der Waals surface area contributed by atoms with E-state index in [0.717, 1.165) is 72.4 Å². The molecule has 9 aromatic carbocycles. The molecule has 1 aliphatic rings. The van der Waals surface area contributed by atoms with E-state index >= 15 is 0 Å². The van der Waals surface area contributed by atoms with E-state index in [1.807, 2.05) is 12.1 Å². The van der Waals surface area contributed by atoms with E-state index in [2.05, 4.69) is 169 Å². The molecule has 3 nitrogen and oxygen atoms in total. The van der Waals surface area contributed by atoms with Crippen LogP contribution in [0.15, 0.2) is 180 Å². The number of para-hydroxylation sites is 1. The molecule has 0 bridgehead atoms. The van der Waals surface area contributed by atoms with Crippen molar-refractivity contribution in [1.29, 1.82) is 0 Å². The van der Waals surface area contributed by atoms with E-state index in [1.165, 1.54) is 32.7 Å². The van der Waals surface area contributed by atoms with Gasteiger partial charge < -0.3 is 14.1 Å². The van der Waals surface area contributed by atoms with E-state index in [9.17, 15) is 0 Å². The number of anilines is 3. The third-order valence-corrected chi connectivity index (χ3v) is 10.4. The van der Waals surface area contributed by atoms with Gasteiger partial charge in [0.25, 0.3) is 0 Å². The van der Waals surface area contributed by atoms with Gasteiger partial charge in [-0.15, -0.1) is 0 Å². The summed E-state index contributed by atoms with van der Waals surface area (Å²) in [4.78, 5) is 2.43. The van der Waals surface area contributed by atoms with Crippen molar-refractivity contribution in [2.75, 3.05) is 4.90 Å². The van der Waals surface area contributed by atoms with Gasteiger partial charge in [0.15, 0.2) is 11.5 Å². The maximum Gasteiger partial charge on any atom is 0.159 e. The summed E-state index contributed by atoms with van der Waals surface area (Å²) in [7, 11) is 0. The molecule has 0 saturated carbocycles. The highest BCUT2D eigenvalue weighted by Crippen LogP contribution is 2.57. The molecular weight excluding hydrogens is 623 g/mol. The van der Waals surface area contributed by atoms with Crippen LogP contribution in [0.25, 0.3) is 76.5 Å². The number of hydrogen-bond acceptors (Lipinski definition) is 3. The summed E-state index contributed by atoms with van der Waals surface area (Å²) in [5, 5.41) is 9.24. The van der Waals surface area contributed by atoms with Gasteiger partial charge in [0.05, 0.1) is 17.1 Å². The standard InChI is InChI=1S/C48H29NO2/c1-2-13-31(14-3-1)46-36-17-6-8-19-38(36)47(39-20-9-7-18-37(39)46)49-41-25-23-33(32-24-27-44-40(28-32)35-16-10-11-21-43(35)50-44)29-45(41)51-48-34-15-5-4-12-30(34)22-26-42(48)49/h1-29H. The largest absolute Gasteiger partial charge is 0.456 e. The van der Waals surface area contributed by atoms with Crippen molar-refractivity contribution in [3.05, 3.63) is 176 Å². The zero-order chi connectivity index (χ0) is 33.5. The van der Waals surface area contributed by atoms with Gasteiger partial charge in [-0.25, -0.2) is 0 Å². The maximum atomic E-state index is 7.00. The lowest BCUT2D eigenvalue weighted by atomic mass is 9.89. The van der Waals surface area contributed by atoms with Crippen LogP contribution in [0.5, 0.6) is 11.5 Å². The Morgan fingerprint density at radius 2 is 0.961 bits per heavy atom. The number of furan rings is 1. The molecule has 0 radical (unpaired) electrons. The first-order chi connectivity index (χ1) is 25.3. The smallest absolute Gasteiger partial charge is 0.159 e. The summed E-state index contributed by atoms with van der Waals surface area (Å²) in [6, 6.07) is 62.6. The lowest BCUT2D eigenvalue weighted by Gasteiger charge is -2.35. The topological polar surface area (TPSA) is 25.6 Å². The monoisotopic (exact) mass is 651 g/mol. The third kappa shape index (κ3) is 4.19. The number of fused-ring (bicyclic) bond motifs is 9. The normalized spacial score (nSPS) is 12.4. The first kappa shape index (κ1) is 28.0. The van der Waals surface area contributed by atoms with Crippen LogP contribution in [0.2, 0.25) is 0 Å². The van der Waals surface area contributed by atoms with Crippen molar-refractivity contribution in [1.82, 2.24) is 0 Å². The van der Waals surface area contributed by atoms with Crippen molar-refractivity contribution >= 4 is 71.3 Å². The molecule has 0 fully saturated rings.